The monoisotopic (exact) mass is 568 g/mol. The highest BCUT2D eigenvalue weighted by Crippen LogP contribution is 2.30. The van der Waals surface area contributed by atoms with Crippen molar-refractivity contribution in [3.8, 4) is 0 Å². The number of aliphatic carboxylic acids is 1. The molecule has 3 aromatic carbocycles. The van der Waals surface area contributed by atoms with Crippen molar-refractivity contribution in [3.05, 3.63) is 106 Å². The van der Waals surface area contributed by atoms with Gasteiger partial charge >= 0.3 is 12.1 Å². The molecule has 42 heavy (non-hydrogen) atoms. The summed E-state index contributed by atoms with van der Waals surface area (Å²) >= 11 is 0. The minimum Gasteiger partial charge on any atom is -0.481 e. The smallest absolute Gasteiger partial charge is 0.411 e. The standard InChI is InChI=1S/C32H32N4O6/c1-3-19-13-22-8-10-25(19)18(2)17-42-32(41)35-23-6-4-5-21(14-23)27(16-28(37)38)36-31(40)29(22)34-24-9-7-20-11-12-33-30(39)26(20)15-24/h4-15,18,27,29,34H,3,16-17H2,1-2H3,(H,33,39)(H,35,41)(H,36,40)(H,37,38)/t18-,27+,29+/m0/s1. The Bertz CT molecular complexity index is 1720. The number of anilines is 2. The van der Waals surface area contributed by atoms with Crippen molar-refractivity contribution in [1.29, 1.82) is 0 Å². The number of nitrogens with one attached hydrogen (secondary N) is 4. The molecular formula is C32H32N4O6. The fraction of sp³-hybridized carbons (Fsp3) is 0.250. The summed E-state index contributed by atoms with van der Waals surface area (Å²) in [5.74, 6) is -1.65. The zero-order chi connectivity index (χ0) is 29.8. The molecule has 5 N–H and O–H groups in total. The number of carboxylic acid groups (broad SMARTS) is 1. The Morgan fingerprint density at radius 3 is 2.64 bits per heavy atom. The van der Waals surface area contributed by atoms with Crippen LogP contribution in [-0.2, 0) is 20.7 Å². The highest BCUT2D eigenvalue weighted by molar-refractivity contribution is 5.90. The number of pyridine rings is 1. The Kier molecular flexibility index (Phi) is 8.24. The average molecular weight is 569 g/mol. The highest BCUT2D eigenvalue weighted by Gasteiger charge is 2.27. The van der Waals surface area contributed by atoms with E-state index in [0.29, 0.717) is 34.3 Å². The lowest BCUT2D eigenvalue weighted by molar-refractivity contribution is -0.137. The lowest BCUT2D eigenvalue weighted by Crippen LogP contribution is -2.37. The van der Waals surface area contributed by atoms with Crippen molar-refractivity contribution in [2.45, 2.75) is 44.7 Å². The van der Waals surface area contributed by atoms with E-state index in [0.717, 1.165) is 16.5 Å². The number of aryl methyl sites for hydroxylation is 1. The third-order valence-electron chi connectivity index (χ3n) is 7.46. The number of fused-ring (bicyclic) bond motifs is 10. The van der Waals surface area contributed by atoms with Gasteiger partial charge in [0.05, 0.1) is 19.1 Å². The molecule has 6 rings (SSSR count). The van der Waals surface area contributed by atoms with Crippen LogP contribution in [-0.4, -0.2) is 34.7 Å². The van der Waals surface area contributed by atoms with Gasteiger partial charge in [0.25, 0.3) is 5.56 Å². The van der Waals surface area contributed by atoms with Crippen LogP contribution in [0.4, 0.5) is 16.2 Å². The summed E-state index contributed by atoms with van der Waals surface area (Å²) < 4.78 is 5.50. The van der Waals surface area contributed by atoms with Gasteiger partial charge in [-0.05, 0) is 64.4 Å². The number of benzene rings is 3. The molecule has 216 valence electrons. The van der Waals surface area contributed by atoms with Crippen molar-refractivity contribution >= 4 is 40.1 Å². The molecule has 4 aromatic rings. The van der Waals surface area contributed by atoms with Gasteiger partial charge < -0.3 is 25.5 Å². The van der Waals surface area contributed by atoms with E-state index in [2.05, 4.69) is 20.9 Å². The fourth-order valence-electron chi connectivity index (χ4n) is 5.29. The van der Waals surface area contributed by atoms with Gasteiger partial charge in [-0.2, -0.15) is 0 Å². The van der Waals surface area contributed by atoms with Crippen LogP contribution in [0, 0.1) is 0 Å². The van der Waals surface area contributed by atoms with Gasteiger partial charge in [0.15, 0.2) is 0 Å². The number of carboxylic acids is 1. The molecular weight excluding hydrogens is 536 g/mol. The van der Waals surface area contributed by atoms with Crippen LogP contribution in [0.3, 0.4) is 0 Å². The Morgan fingerprint density at radius 1 is 1.02 bits per heavy atom. The topological polar surface area (TPSA) is 150 Å². The second kappa shape index (κ2) is 12.2. The predicted octanol–water partition coefficient (Wildman–Crippen LogP) is 5.24. The third-order valence-corrected chi connectivity index (χ3v) is 7.46. The minimum atomic E-state index is -1.10. The van der Waals surface area contributed by atoms with E-state index in [4.69, 9.17) is 4.74 Å². The first-order valence-corrected chi connectivity index (χ1v) is 13.8. The van der Waals surface area contributed by atoms with Gasteiger partial charge in [-0.1, -0.05) is 50.2 Å². The first-order valence-electron chi connectivity index (χ1n) is 13.8. The number of ether oxygens (including phenoxy) is 1. The molecule has 0 saturated heterocycles. The number of carbonyl (C=O) groups excluding carboxylic acids is 2. The summed E-state index contributed by atoms with van der Waals surface area (Å²) in [6.07, 6.45) is 1.24. The van der Waals surface area contributed by atoms with E-state index in [1.165, 1.54) is 0 Å². The second-order valence-corrected chi connectivity index (χ2v) is 10.4. The van der Waals surface area contributed by atoms with Crippen LogP contribution < -0.4 is 21.5 Å². The van der Waals surface area contributed by atoms with Crippen LogP contribution in [0.1, 0.15) is 60.5 Å². The summed E-state index contributed by atoms with van der Waals surface area (Å²) in [5, 5.41) is 19.8. The number of rotatable bonds is 5. The molecule has 2 aliphatic heterocycles. The van der Waals surface area contributed by atoms with Crippen molar-refractivity contribution < 1.29 is 24.2 Å². The van der Waals surface area contributed by atoms with Crippen LogP contribution in [0.15, 0.2) is 77.7 Å². The number of hydrogen-bond donors (Lipinski definition) is 5. The summed E-state index contributed by atoms with van der Waals surface area (Å²) in [7, 11) is 0. The summed E-state index contributed by atoms with van der Waals surface area (Å²) in [6.45, 7) is 4.12. The lowest BCUT2D eigenvalue weighted by Gasteiger charge is -2.26. The molecule has 3 atom stereocenters. The predicted molar refractivity (Wildman–Crippen MR) is 160 cm³/mol. The van der Waals surface area contributed by atoms with Crippen molar-refractivity contribution in [1.82, 2.24) is 10.3 Å². The Morgan fingerprint density at radius 2 is 1.86 bits per heavy atom. The molecule has 3 heterocycles. The quantitative estimate of drug-likeness (QED) is 0.221. The molecule has 1 aromatic heterocycles. The van der Waals surface area contributed by atoms with Crippen molar-refractivity contribution in [2.24, 2.45) is 0 Å². The van der Waals surface area contributed by atoms with Gasteiger partial charge in [-0.15, -0.1) is 0 Å². The van der Waals surface area contributed by atoms with Gasteiger partial charge in [-0.3, -0.25) is 19.7 Å². The van der Waals surface area contributed by atoms with Crippen LogP contribution >= 0.6 is 0 Å². The minimum absolute atomic E-state index is 0.105. The number of amides is 2. The van der Waals surface area contributed by atoms with E-state index in [-0.39, 0.29) is 24.5 Å². The van der Waals surface area contributed by atoms with Crippen LogP contribution in [0.2, 0.25) is 0 Å². The molecule has 10 heteroatoms. The zero-order valence-corrected chi connectivity index (χ0v) is 23.3. The molecule has 0 spiro atoms. The van der Waals surface area contributed by atoms with E-state index < -0.39 is 30.1 Å². The number of aromatic nitrogens is 1. The number of H-pyrrole nitrogens is 1. The number of hydrogen-bond acceptors (Lipinski definition) is 6. The molecule has 2 aliphatic rings. The molecule has 0 radical (unpaired) electrons. The van der Waals surface area contributed by atoms with Gasteiger partial charge in [0.1, 0.15) is 6.04 Å². The largest absolute Gasteiger partial charge is 0.481 e. The van der Waals surface area contributed by atoms with Gasteiger partial charge in [-0.25, -0.2) is 4.79 Å². The number of aromatic amines is 1. The molecule has 2 amide bonds. The first kappa shape index (κ1) is 28.4. The SMILES string of the molecule is CCc1cc2ccc1[C@@H](C)COC(=O)Nc1cccc(c1)[C@@H](CC(=O)O)NC(=O)[C@@H]2Nc1ccc2cc[nH]c(=O)c2c1. The Hall–Kier alpha value is -5.12. The number of carbonyl (C=O) groups is 3. The average Bonchev–Trinajstić information content (AvgIpc) is 2.97. The van der Waals surface area contributed by atoms with Crippen LogP contribution in [0.5, 0.6) is 0 Å². The molecule has 10 nitrogen and oxygen atoms in total. The summed E-state index contributed by atoms with van der Waals surface area (Å²) in [5.41, 5.74) is 3.86. The molecule has 0 saturated carbocycles. The van der Waals surface area contributed by atoms with Crippen molar-refractivity contribution in [3.63, 3.8) is 0 Å². The lowest BCUT2D eigenvalue weighted by atomic mass is 9.91. The highest BCUT2D eigenvalue weighted by atomic mass is 16.5. The fourth-order valence-corrected chi connectivity index (χ4v) is 5.29. The van der Waals surface area contributed by atoms with E-state index >= 15 is 0 Å². The van der Waals surface area contributed by atoms with Gasteiger partial charge in [0, 0.05) is 28.9 Å². The zero-order valence-electron chi connectivity index (χ0n) is 23.3. The van der Waals surface area contributed by atoms with Crippen LogP contribution in [0.25, 0.3) is 10.8 Å². The molecule has 0 aliphatic carbocycles. The van der Waals surface area contributed by atoms with Gasteiger partial charge in [0.2, 0.25) is 5.91 Å². The normalized spacial score (nSPS) is 19.0. The Labute approximate surface area is 242 Å². The molecule has 0 fully saturated rings. The third kappa shape index (κ3) is 6.27. The Balaban J connectivity index is 1.61. The summed E-state index contributed by atoms with van der Waals surface area (Å²) in [6, 6.07) is 17.6. The maximum Gasteiger partial charge on any atom is 0.411 e. The van der Waals surface area contributed by atoms with E-state index in [1.807, 2.05) is 32.0 Å². The first-order chi connectivity index (χ1) is 20.2. The van der Waals surface area contributed by atoms with E-state index in [1.54, 1.807) is 54.7 Å². The molecule has 0 unspecified atom stereocenters. The maximum absolute atomic E-state index is 14.0. The second-order valence-electron chi connectivity index (χ2n) is 10.4. The maximum atomic E-state index is 14.0. The molecule has 4 bridgehead atoms. The van der Waals surface area contributed by atoms with Crippen molar-refractivity contribution in [2.75, 3.05) is 17.2 Å². The van der Waals surface area contributed by atoms with E-state index in [9.17, 15) is 24.3 Å². The summed E-state index contributed by atoms with van der Waals surface area (Å²) in [4.78, 5) is 53.5.